The fourth-order valence-electron chi connectivity index (χ4n) is 8.79. The van der Waals surface area contributed by atoms with Crippen LogP contribution in [-0.2, 0) is 27.5 Å². The summed E-state index contributed by atoms with van der Waals surface area (Å²) in [6, 6.07) is 0. The molecule has 0 aromatic rings. The summed E-state index contributed by atoms with van der Waals surface area (Å²) in [4.78, 5) is 0. The molecule has 0 bridgehead atoms. The third-order valence-corrected chi connectivity index (χ3v) is 29.2. The van der Waals surface area contributed by atoms with E-state index in [0.717, 1.165) is 19.3 Å². The van der Waals surface area contributed by atoms with Crippen LogP contribution in [0.5, 0.6) is 0 Å². The van der Waals surface area contributed by atoms with Crippen LogP contribution in [0.1, 0.15) is 141 Å². The van der Waals surface area contributed by atoms with E-state index in [4.69, 9.17) is 27.5 Å². The standard InChI is InChI=1S/C48H92O6Si3/c1-36(23-21-29-47(11,12)51-35-49-14)39-27-28-40-38(24-22-30-48(39,40)13)26-25-37-33-41(53-56(17,18)45(5,6)7)43(42(34-37)54-57(19,20)46(8,9)10)50-31-32-52-55(15,16)44(2,3)4/h21,23,25-26,36,39-43H,22,24,27-35H2,1-20H3/b23-21+,37-25?,38-26+/t36-,39?,40?,41-,42-,43?,48?/m1/s1. The van der Waals surface area contributed by atoms with Gasteiger partial charge in [-0.1, -0.05) is 112 Å². The summed E-state index contributed by atoms with van der Waals surface area (Å²) in [5.41, 5.74) is 3.21. The van der Waals surface area contributed by atoms with Crippen LogP contribution >= 0.6 is 0 Å². The van der Waals surface area contributed by atoms with Crippen LogP contribution in [0.4, 0.5) is 0 Å². The van der Waals surface area contributed by atoms with Crippen molar-refractivity contribution in [2.24, 2.45) is 23.2 Å². The minimum Gasteiger partial charge on any atom is -0.414 e. The van der Waals surface area contributed by atoms with E-state index in [9.17, 15) is 0 Å². The van der Waals surface area contributed by atoms with E-state index in [1.165, 1.54) is 37.7 Å². The molecular weight excluding hydrogens is 757 g/mol. The molecule has 0 saturated heterocycles. The quantitative estimate of drug-likeness (QED) is 0.0629. The fraction of sp³-hybridized carbons (Fsp3) is 0.875. The van der Waals surface area contributed by atoms with Crippen LogP contribution < -0.4 is 0 Å². The van der Waals surface area contributed by atoms with E-state index >= 15 is 0 Å². The number of allylic oxidation sites excluding steroid dienone is 4. The Balaban J connectivity index is 1.94. The molecule has 0 aromatic carbocycles. The highest BCUT2D eigenvalue weighted by Gasteiger charge is 2.51. The Hall–Kier alpha value is -0.369. The van der Waals surface area contributed by atoms with Gasteiger partial charge in [-0.15, -0.1) is 0 Å². The molecule has 0 spiro atoms. The summed E-state index contributed by atoms with van der Waals surface area (Å²) >= 11 is 0. The fourth-order valence-corrected chi connectivity index (χ4v) is 12.5. The van der Waals surface area contributed by atoms with E-state index in [1.807, 2.05) is 0 Å². The molecule has 3 fully saturated rings. The van der Waals surface area contributed by atoms with E-state index < -0.39 is 25.0 Å². The van der Waals surface area contributed by atoms with Crippen molar-refractivity contribution in [1.29, 1.82) is 0 Å². The summed E-state index contributed by atoms with van der Waals surface area (Å²) in [6.45, 7) is 46.1. The van der Waals surface area contributed by atoms with Crippen LogP contribution in [0.15, 0.2) is 35.5 Å². The maximum absolute atomic E-state index is 7.39. The lowest BCUT2D eigenvalue weighted by atomic mass is 9.61. The van der Waals surface area contributed by atoms with Crippen molar-refractivity contribution in [3.63, 3.8) is 0 Å². The molecular formula is C48H92O6Si3. The third kappa shape index (κ3) is 13.3. The Morgan fingerprint density at radius 3 is 1.81 bits per heavy atom. The Bertz CT molecular complexity index is 1340. The molecule has 3 rings (SSSR count). The first kappa shape index (κ1) is 51.0. The second-order valence-corrected chi connectivity index (χ2v) is 38.0. The number of rotatable bonds is 17. The summed E-state index contributed by atoms with van der Waals surface area (Å²) in [7, 11) is -4.46. The third-order valence-electron chi connectivity index (χ3n) is 15.6. The van der Waals surface area contributed by atoms with Gasteiger partial charge in [0.05, 0.1) is 31.0 Å². The molecule has 0 aromatic heterocycles. The molecule has 3 unspecified atom stereocenters. The van der Waals surface area contributed by atoms with E-state index in [1.54, 1.807) is 12.7 Å². The molecule has 0 heterocycles. The van der Waals surface area contributed by atoms with Gasteiger partial charge < -0.3 is 27.5 Å². The Labute approximate surface area is 356 Å². The molecule has 6 atom stereocenters. The van der Waals surface area contributed by atoms with Crippen molar-refractivity contribution in [2.75, 3.05) is 27.1 Å². The Morgan fingerprint density at radius 1 is 0.754 bits per heavy atom. The number of fused-ring (bicyclic) bond motifs is 1. The van der Waals surface area contributed by atoms with Crippen LogP contribution in [0.25, 0.3) is 0 Å². The lowest BCUT2D eigenvalue weighted by Crippen LogP contribution is -2.56. The van der Waals surface area contributed by atoms with Gasteiger partial charge in [-0.05, 0) is 143 Å². The van der Waals surface area contributed by atoms with Crippen LogP contribution in [-0.4, -0.2) is 76.0 Å². The molecule has 0 aliphatic heterocycles. The Morgan fingerprint density at radius 2 is 1.30 bits per heavy atom. The number of methoxy groups -OCH3 is 1. The highest BCUT2D eigenvalue weighted by molar-refractivity contribution is 6.75. The maximum Gasteiger partial charge on any atom is 0.192 e. The average molecular weight is 850 g/mol. The highest BCUT2D eigenvalue weighted by atomic mass is 28.4. The zero-order chi connectivity index (χ0) is 43.5. The predicted molar refractivity (Wildman–Crippen MR) is 251 cm³/mol. The highest BCUT2D eigenvalue weighted by Crippen LogP contribution is 2.59. The second-order valence-electron chi connectivity index (χ2n) is 23.6. The molecule has 0 N–H and O–H groups in total. The van der Waals surface area contributed by atoms with Gasteiger partial charge in [0.2, 0.25) is 0 Å². The molecule has 3 saturated carbocycles. The van der Waals surface area contributed by atoms with Crippen molar-refractivity contribution in [2.45, 2.75) is 220 Å². The number of hydrogen-bond acceptors (Lipinski definition) is 6. The topological polar surface area (TPSA) is 55.4 Å². The molecule has 6 nitrogen and oxygen atoms in total. The normalized spacial score (nSPS) is 28.7. The average Bonchev–Trinajstić information content (AvgIpc) is 3.41. The lowest BCUT2D eigenvalue weighted by Gasteiger charge is -2.48. The van der Waals surface area contributed by atoms with Crippen LogP contribution in [0, 0.1) is 23.2 Å². The smallest absolute Gasteiger partial charge is 0.192 e. The largest absolute Gasteiger partial charge is 0.414 e. The van der Waals surface area contributed by atoms with Gasteiger partial charge in [0.25, 0.3) is 0 Å². The molecule has 0 radical (unpaired) electrons. The summed E-state index contributed by atoms with van der Waals surface area (Å²) < 4.78 is 39.5. The van der Waals surface area contributed by atoms with Gasteiger partial charge in [0.15, 0.2) is 25.0 Å². The van der Waals surface area contributed by atoms with Crippen molar-refractivity contribution >= 4 is 25.0 Å². The second kappa shape index (κ2) is 19.3. The van der Waals surface area contributed by atoms with Crippen LogP contribution in [0.2, 0.25) is 54.4 Å². The zero-order valence-corrected chi connectivity index (χ0v) is 44.0. The monoisotopic (exact) mass is 849 g/mol. The summed E-state index contributed by atoms with van der Waals surface area (Å²) in [5, 5.41) is 0.345. The van der Waals surface area contributed by atoms with Crippen molar-refractivity contribution in [3.8, 4) is 0 Å². The van der Waals surface area contributed by atoms with E-state index in [2.05, 4.69) is 154 Å². The van der Waals surface area contributed by atoms with Gasteiger partial charge in [-0.2, -0.15) is 0 Å². The lowest BCUT2D eigenvalue weighted by molar-refractivity contribution is -0.112. The van der Waals surface area contributed by atoms with Gasteiger partial charge in [-0.3, -0.25) is 0 Å². The molecule has 332 valence electrons. The SMILES string of the molecule is COCOC(C)(C)C/C=C/[C@@H](C)C1CCC2/C(=C/C=C3C[C@@H](O[Si](C)(C)C(C)(C)C)C(OCCO[Si](C)(C)C(C)(C)C)[C@H](O[Si](C)(C)C(C)(C)C)C3)CCCC21C. The first-order chi connectivity index (χ1) is 25.9. The first-order valence-electron chi connectivity index (χ1n) is 22.7. The van der Waals surface area contributed by atoms with Crippen LogP contribution in [0.3, 0.4) is 0 Å². The first-order valence-corrected chi connectivity index (χ1v) is 31.4. The van der Waals surface area contributed by atoms with Crippen molar-refractivity contribution < 1.29 is 27.5 Å². The molecule has 57 heavy (non-hydrogen) atoms. The van der Waals surface area contributed by atoms with Crippen molar-refractivity contribution in [3.05, 3.63) is 35.5 Å². The molecule has 9 heteroatoms. The van der Waals surface area contributed by atoms with E-state index in [-0.39, 0.29) is 39.0 Å². The summed E-state index contributed by atoms with van der Waals surface area (Å²) in [5.74, 6) is 1.88. The minimum absolute atomic E-state index is 0.0584. The molecule has 3 aliphatic rings. The zero-order valence-electron chi connectivity index (χ0n) is 41.0. The van der Waals surface area contributed by atoms with Crippen molar-refractivity contribution in [1.82, 2.24) is 0 Å². The van der Waals surface area contributed by atoms with Gasteiger partial charge in [0.1, 0.15) is 12.9 Å². The van der Waals surface area contributed by atoms with E-state index in [0.29, 0.717) is 43.2 Å². The number of hydrogen-bond donors (Lipinski definition) is 0. The van der Waals surface area contributed by atoms with Gasteiger partial charge >= 0.3 is 0 Å². The summed E-state index contributed by atoms with van der Waals surface area (Å²) in [6.07, 6.45) is 18.7. The van der Waals surface area contributed by atoms with Gasteiger partial charge in [-0.25, -0.2) is 0 Å². The maximum atomic E-state index is 7.39. The minimum atomic E-state index is -2.13. The van der Waals surface area contributed by atoms with Gasteiger partial charge in [0, 0.05) is 7.11 Å². The Kier molecular flexibility index (Phi) is 17.3. The molecule has 0 amide bonds. The predicted octanol–water partition coefficient (Wildman–Crippen LogP) is 14.0. The number of ether oxygens (including phenoxy) is 3. The molecule has 3 aliphatic carbocycles.